The first-order chi connectivity index (χ1) is 6.59. The Morgan fingerprint density at radius 2 is 1.93 bits per heavy atom. The monoisotopic (exact) mass is 211 g/mol. The molecule has 0 fully saturated rings. The third-order valence-corrected chi connectivity index (χ3v) is 2.23. The van der Waals surface area contributed by atoms with Crippen molar-refractivity contribution in [1.29, 1.82) is 0 Å². The molecule has 1 aromatic carbocycles. The second-order valence-electron chi connectivity index (χ2n) is 2.85. The molecule has 4 nitrogen and oxygen atoms in total. The average molecular weight is 212 g/mol. The van der Waals surface area contributed by atoms with Gasteiger partial charge in [0, 0.05) is 10.8 Å². The molecule has 0 saturated heterocycles. The topological polar surface area (TPSA) is 73.3 Å². The summed E-state index contributed by atoms with van der Waals surface area (Å²) >= 11 is 5.73. The summed E-state index contributed by atoms with van der Waals surface area (Å²) in [5, 5.41) is 19.4. The zero-order chi connectivity index (χ0) is 10.3. The molecule has 0 atom stereocenters. The van der Waals surface area contributed by atoms with E-state index >= 15 is 0 Å². The van der Waals surface area contributed by atoms with Crippen LogP contribution in [0.4, 0.5) is 0 Å². The molecule has 5 heteroatoms. The second kappa shape index (κ2) is 2.92. The Bertz CT molecular complexity index is 562. The largest absolute Gasteiger partial charge is 0.508 e. The minimum atomic E-state index is -0.645. The number of aromatic hydroxyl groups is 2. The molecule has 0 saturated carbocycles. The number of phenolic OH excluding ortho intramolecular Hbond substituents is 1. The van der Waals surface area contributed by atoms with E-state index in [1.54, 1.807) is 0 Å². The van der Waals surface area contributed by atoms with Crippen molar-refractivity contribution in [2.24, 2.45) is 0 Å². The Hall–Kier alpha value is -1.68. The Labute approximate surface area is 83.4 Å². The van der Waals surface area contributed by atoms with E-state index in [0.717, 1.165) is 0 Å². The van der Waals surface area contributed by atoms with E-state index in [0.29, 0.717) is 10.8 Å². The summed E-state index contributed by atoms with van der Waals surface area (Å²) in [6, 6.07) is 4.17. The number of nitrogens with one attached hydrogen (secondary N) is 1. The first-order valence-corrected chi connectivity index (χ1v) is 4.21. The molecule has 3 N–H and O–H groups in total. The predicted octanol–water partition coefficient (Wildman–Crippen LogP) is 1.59. The van der Waals surface area contributed by atoms with Gasteiger partial charge in [-0.1, -0.05) is 11.6 Å². The van der Waals surface area contributed by atoms with Crippen LogP contribution in [0.5, 0.6) is 11.5 Å². The van der Waals surface area contributed by atoms with Crippen LogP contribution in [0.25, 0.3) is 10.8 Å². The number of phenols is 1. The zero-order valence-electron chi connectivity index (χ0n) is 6.91. The fourth-order valence-corrected chi connectivity index (χ4v) is 1.51. The van der Waals surface area contributed by atoms with Gasteiger partial charge in [0.25, 0.3) is 5.56 Å². The van der Waals surface area contributed by atoms with Crippen LogP contribution in [-0.4, -0.2) is 15.2 Å². The first-order valence-electron chi connectivity index (χ1n) is 3.83. The maximum absolute atomic E-state index is 11.1. The highest BCUT2D eigenvalue weighted by atomic mass is 35.5. The molecule has 0 radical (unpaired) electrons. The number of halogens is 1. The van der Waals surface area contributed by atoms with E-state index in [1.807, 2.05) is 0 Å². The highest BCUT2D eigenvalue weighted by Crippen LogP contribution is 2.28. The third kappa shape index (κ3) is 1.20. The van der Waals surface area contributed by atoms with Crippen LogP contribution in [0.15, 0.2) is 23.0 Å². The number of benzene rings is 1. The van der Waals surface area contributed by atoms with Gasteiger partial charge in [0.2, 0.25) is 0 Å². The van der Waals surface area contributed by atoms with Gasteiger partial charge in [-0.2, -0.15) is 0 Å². The average Bonchev–Trinajstić information content (AvgIpc) is 2.14. The van der Waals surface area contributed by atoms with Gasteiger partial charge in [-0.3, -0.25) is 4.79 Å². The normalized spacial score (nSPS) is 10.6. The van der Waals surface area contributed by atoms with Crippen LogP contribution in [0.2, 0.25) is 5.15 Å². The highest BCUT2D eigenvalue weighted by molar-refractivity contribution is 6.34. The van der Waals surface area contributed by atoms with Crippen molar-refractivity contribution < 1.29 is 10.2 Å². The highest BCUT2D eigenvalue weighted by Gasteiger charge is 2.08. The number of H-pyrrole nitrogens is 1. The minimum absolute atomic E-state index is 0.0193. The molecule has 0 amide bonds. The quantitative estimate of drug-likeness (QED) is 0.580. The number of aromatic amines is 1. The summed E-state index contributed by atoms with van der Waals surface area (Å²) in [6.45, 7) is 0. The lowest BCUT2D eigenvalue weighted by Crippen LogP contribution is -2.05. The number of rotatable bonds is 0. The van der Waals surface area contributed by atoms with Gasteiger partial charge < -0.3 is 15.2 Å². The molecule has 2 rings (SSSR count). The Morgan fingerprint density at radius 1 is 1.21 bits per heavy atom. The van der Waals surface area contributed by atoms with Crippen molar-refractivity contribution in [3.05, 3.63) is 33.7 Å². The molecular weight excluding hydrogens is 206 g/mol. The predicted molar refractivity (Wildman–Crippen MR) is 52.9 cm³/mol. The fraction of sp³-hybridized carbons (Fsp3) is 0. The van der Waals surface area contributed by atoms with Crippen molar-refractivity contribution in [2.45, 2.75) is 0 Å². The molecule has 0 aliphatic heterocycles. The molecule has 0 aliphatic rings. The van der Waals surface area contributed by atoms with E-state index in [1.165, 1.54) is 18.2 Å². The molecule has 1 heterocycles. The molecule has 1 aromatic heterocycles. The first kappa shape index (κ1) is 8.90. The van der Waals surface area contributed by atoms with Crippen molar-refractivity contribution in [1.82, 2.24) is 4.98 Å². The van der Waals surface area contributed by atoms with Crippen LogP contribution >= 0.6 is 11.6 Å². The lowest BCUT2D eigenvalue weighted by Gasteiger charge is -2.02. The van der Waals surface area contributed by atoms with Crippen molar-refractivity contribution >= 4 is 22.4 Å². The summed E-state index contributed by atoms with van der Waals surface area (Å²) < 4.78 is 0. The van der Waals surface area contributed by atoms with Crippen LogP contribution in [0.3, 0.4) is 0 Å². The number of pyridine rings is 1. The Balaban J connectivity index is 3.02. The van der Waals surface area contributed by atoms with Gasteiger partial charge in [-0.05, 0) is 18.2 Å². The third-order valence-electron chi connectivity index (χ3n) is 1.93. The van der Waals surface area contributed by atoms with Crippen LogP contribution in [0.1, 0.15) is 0 Å². The molecule has 0 aliphatic carbocycles. The molecular formula is C9H6ClNO3. The van der Waals surface area contributed by atoms with Gasteiger partial charge in [0.05, 0.1) is 0 Å². The van der Waals surface area contributed by atoms with Crippen LogP contribution in [-0.2, 0) is 0 Å². The van der Waals surface area contributed by atoms with Crippen LogP contribution in [0, 0.1) is 0 Å². The molecule has 0 spiro atoms. The molecule has 0 bridgehead atoms. The Kier molecular flexibility index (Phi) is 1.86. The van der Waals surface area contributed by atoms with E-state index in [-0.39, 0.29) is 10.9 Å². The van der Waals surface area contributed by atoms with Gasteiger partial charge in [0.15, 0.2) is 5.75 Å². The molecule has 72 valence electrons. The smallest absolute Gasteiger partial charge is 0.291 e. The van der Waals surface area contributed by atoms with E-state index in [9.17, 15) is 15.0 Å². The molecule has 14 heavy (non-hydrogen) atoms. The van der Waals surface area contributed by atoms with Crippen molar-refractivity contribution in [3.8, 4) is 11.5 Å². The van der Waals surface area contributed by atoms with E-state index in [4.69, 9.17) is 11.6 Å². The summed E-state index contributed by atoms with van der Waals surface area (Å²) in [4.78, 5) is 13.3. The molecule has 2 aromatic rings. The summed E-state index contributed by atoms with van der Waals surface area (Å²) in [5.74, 6) is -0.379. The van der Waals surface area contributed by atoms with Gasteiger partial charge in [-0.25, -0.2) is 0 Å². The maximum atomic E-state index is 11.1. The second-order valence-corrected chi connectivity index (χ2v) is 3.22. The number of hydrogen-bond donors (Lipinski definition) is 3. The number of aromatic nitrogens is 1. The lowest BCUT2D eigenvalue weighted by atomic mass is 10.1. The van der Waals surface area contributed by atoms with E-state index in [2.05, 4.69) is 4.98 Å². The maximum Gasteiger partial charge on any atom is 0.291 e. The fourth-order valence-electron chi connectivity index (χ4n) is 1.27. The van der Waals surface area contributed by atoms with Gasteiger partial charge in [0.1, 0.15) is 10.9 Å². The van der Waals surface area contributed by atoms with Crippen LogP contribution < -0.4 is 5.56 Å². The molecule has 0 unspecified atom stereocenters. The SMILES string of the molecule is O=c1[nH]c(Cl)c2cc(O)ccc2c1O. The number of hydrogen-bond acceptors (Lipinski definition) is 3. The summed E-state index contributed by atoms with van der Waals surface area (Å²) in [5.41, 5.74) is -0.645. The Morgan fingerprint density at radius 3 is 2.64 bits per heavy atom. The van der Waals surface area contributed by atoms with Gasteiger partial charge >= 0.3 is 0 Å². The standard InChI is InChI=1S/C9H6ClNO3/c10-8-6-3-4(12)1-2-5(6)7(13)9(14)11-8/h1-3,12-13H,(H,11,14). The number of fused-ring (bicyclic) bond motifs is 1. The van der Waals surface area contributed by atoms with E-state index < -0.39 is 11.3 Å². The van der Waals surface area contributed by atoms with Gasteiger partial charge in [-0.15, -0.1) is 0 Å². The van der Waals surface area contributed by atoms with Crippen molar-refractivity contribution in [3.63, 3.8) is 0 Å². The lowest BCUT2D eigenvalue weighted by molar-refractivity contribution is 0.471. The summed E-state index contributed by atoms with van der Waals surface area (Å²) in [6.07, 6.45) is 0. The zero-order valence-corrected chi connectivity index (χ0v) is 7.67. The minimum Gasteiger partial charge on any atom is -0.508 e. The van der Waals surface area contributed by atoms with Crippen molar-refractivity contribution in [2.75, 3.05) is 0 Å². The summed E-state index contributed by atoms with van der Waals surface area (Å²) in [7, 11) is 0.